The number of imidazole rings is 1. The van der Waals surface area contributed by atoms with E-state index >= 15 is 0 Å². The quantitative estimate of drug-likeness (QED) is 0.499. The second-order valence-corrected chi connectivity index (χ2v) is 7.73. The zero-order valence-corrected chi connectivity index (χ0v) is 18.3. The molecule has 0 radical (unpaired) electrons. The molecule has 11 heteroatoms. The predicted octanol–water partition coefficient (Wildman–Crippen LogP) is 0.286. The normalized spacial score (nSPS) is 17.2. The van der Waals surface area contributed by atoms with E-state index in [-0.39, 0.29) is 11.6 Å². The van der Waals surface area contributed by atoms with E-state index in [2.05, 4.69) is 25.6 Å². The van der Waals surface area contributed by atoms with Gasteiger partial charge in [-0.05, 0) is 30.2 Å². The minimum Gasteiger partial charge on any atom is -0.486 e. The maximum absolute atomic E-state index is 12.9. The maximum Gasteiger partial charge on any atom is 0.244 e. The van der Waals surface area contributed by atoms with Gasteiger partial charge in [-0.15, -0.1) is 0 Å². The van der Waals surface area contributed by atoms with Crippen LogP contribution in [0.2, 0.25) is 0 Å². The Morgan fingerprint density at radius 3 is 2.91 bits per heavy atom. The van der Waals surface area contributed by atoms with Crippen LogP contribution in [-0.4, -0.2) is 70.3 Å². The topological polar surface area (TPSA) is 124 Å². The van der Waals surface area contributed by atoms with Crippen molar-refractivity contribution in [3.05, 3.63) is 60.4 Å². The molecule has 0 saturated carbocycles. The van der Waals surface area contributed by atoms with E-state index in [0.29, 0.717) is 56.8 Å². The molecule has 11 nitrogen and oxygen atoms in total. The van der Waals surface area contributed by atoms with Crippen LogP contribution in [0.25, 0.3) is 5.95 Å². The van der Waals surface area contributed by atoms with Gasteiger partial charge in [0.2, 0.25) is 11.9 Å². The fourth-order valence-corrected chi connectivity index (χ4v) is 3.93. The first-order valence-electron chi connectivity index (χ1n) is 11.0. The van der Waals surface area contributed by atoms with Crippen LogP contribution in [0, 0.1) is 0 Å². The minimum absolute atomic E-state index is 0.179. The SMILES string of the molecule is O=C=C1C(C(=O)NCCc2ccc3c(c2)OCCO3)NCCN1c1ccnc(-n2ccnc2)n1. The van der Waals surface area contributed by atoms with E-state index in [1.165, 1.54) is 0 Å². The lowest BCUT2D eigenvalue weighted by molar-refractivity contribution is -0.122. The first-order valence-corrected chi connectivity index (χ1v) is 11.0. The molecule has 1 saturated heterocycles. The van der Waals surface area contributed by atoms with Gasteiger partial charge in [-0.3, -0.25) is 14.7 Å². The number of piperazine rings is 1. The molecule has 3 aromatic rings. The third kappa shape index (κ3) is 4.47. The maximum atomic E-state index is 12.9. The number of carbonyl (C=O) groups excluding carboxylic acids is 2. The van der Waals surface area contributed by atoms with E-state index in [9.17, 15) is 9.59 Å². The van der Waals surface area contributed by atoms with E-state index < -0.39 is 6.04 Å². The Morgan fingerprint density at radius 2 is 2.09 bits per heavy atom. The first kappa shape index (κ1) is 21.6. The minimum atomic E-state index is -0.835. The van der Waals surface area contributed by atoms with Gasteiger partial charge in [0.15, 0.2) is 11.5 Å². The number of nitrogens with one attached hydrogen (secondary N) is 2. The van der Waals surface area contributed by atoms with E-state index in [1.807, 2.05) is 24.1 Å². The van der Waals surface area contributed by atoms with Crippen LogP contribution in [0.1, 0.15) is 5.56 Å². The fraction of sp³-hybridized carbons (Fsp3) is 0.304. The predicted molar refractivity (Wildman–Crippen MR) is 122 cm³/mol. The Bertz CT molecular complexity index is 1220. The summed E-state index contributed by atoms with van der Waals surface area (Å²) >= 11 is 0. The molecule has 1 fully saturated rings. The number of hydrogen-bond donors (Lipinski definition) is 2. The van der Waals surface area contributed by atoms with Crippen LogP contribution < -0.4 is 25.0 Å². The number of aromatic nitrogens is 4. The largest absolute Gasteiger partial charge is 0.486 e. The second-order valence-electron chi connectivity index (χ2n) is 7.73. The molecule has 4 heterocycles. The van der Waals surface area contributed by atoms with Crippen LogP contribution in [0.15, 0.2) is 54.9 Å². The van der Waals surface area contributed by atoms with Gasteiger partial charge in [0.1, 0.15) is 43.0 Å². The molecule has 34 heavy (non-hydrogen) atoms. The molecule has 2 N–H and O–H groups in total. The zero-order chi connectivity index (χ0) is 23.3. The summed E-state index contributed by atoms with van der Waals surface area (Å²) in [5.41, 5.74) is 1.19. The fourth-order valence-electron chi connectivity index (χ4n) is 3.93. The standard InChI is InChI=1S/C23H23N7O4/c31-14-17-21(22(32)26-5-3-16-1-2-18-19(13-16)34-12-11-33-18)25-8-10-30(17)20-4-6-27-23(28-20)29-9-7-24-15-29/h1-2,4,6-7,9,13,15,21,25H,3,5,8,10-12H2,(H,26,32). The van der Waals surface area contributed by atoms with Gasteiger partial charge in [0.25, 0.3) is 0 Å². The molecule has 0 bridgehead atoms. The van der Waals surface area contributed by atoms with Crippen LogP contribution >= 0.6 is 0 Å². The summed E-state index contributed by atoms with van der Waals surface area (Å²) in [7, 11) is 0. The molecule has 1 atom stereocenters. The number of nitrogens with zero attached hydrogens (tertiary/aromatic N) is 5. The molecular weight excluding hydrogens is 438 g/mol. The number of fused-ring (bicyclic) bond motifs is 1. The summed E-state index contributed by atoms with van der Waals surface area (Å²) in [4.78, 5) is 39.3. The van der Waals surface area contributed by atoms with Gasteiger partial charge >= 0.3 is 0 Å². The molecule has 174 valence electrons. The van der Waals surface area contributed by atoms with Crippen molar-refractivity contribution in [1.82, 2.24) is 30.2 Å². The molecule has 1 aromatic carbocycles. The molecule has 1 amide bonds. The number of rotatable bonds is 6. The molecule has 2 aliphatic heterocycles. The van der Waals surface area contributed by atoms with Crippen molar-refractivity contribution in [3.8, 4) is 17.4 Å². The van der Waals surface area contributed by atoms with Crippen molar-refractivity contribution in [1.29, 1.82) is 0 Å². The Balaban J connectivity index is 1.24. The monoisotopic (exact) mass is 461 g/mol. The smallest absolute Gasteiger partial charge is 0.244 e. The van der Waals surface area contributed by atoms with Crippen molar-refractivity contribution in [3.63, 3.8) is 0 Å². The van der Waals surface area contributed by atoms with Crippen molar-refractivity contribution in [2.24, 2.45) is 0 Å². The Labute approximate surface area is 195 Å². The number of anilines is 1. The lowest BCUT2D eigenvalue weighted by atomic mass is 10.1. The Kier molecular flexibility index (Phi) is 6.19. The summed E-state index contributed by atoms with van der Waals surface area (Å²) < 4.78 is 12.8. The third-order valence-electron chi connectivity index (χ3n) is 5.57. The lowest BCUT2D eigenvalue weighted by Crippen LogP contribution is -2.56. The first-order chi connectivity index (χ1) is 16.7. The van der Waals surface area contributed by atoms with Gasteiger partial charge in [0.05, 0.1) is 0 Å². The highest BCUT2D eigenvalue weighted by molar-refractivity contribution is 5.89. The zero-order valence-electron chi connectivity index (χ0n) is 18.3. The van der Waals surface area contributed by atoms with Crippen LogP contribution in [0.3, 0.4) is 0 Å². The van der Waals surface area contributed by atoms with Crippen molar-refractivity contribution in [2.75, 3.05) is 37.7 Å². The van der Waals surface area contributed by atoms with Gasteiger partial charge in [-0.1, -0.05) is 6.07 Å². The molecule has 2 aromatic heterocycles. The van der Waals surface area contributed by atoms with Crippen molar-refractivity contribution >= 4 is 17.7 Å². The summed E-state index contributed by atoms with van der Waals surface area (Å²) in [5, 5.41) is 6.01. The molecular formula is C23H23N7O4. The van der Waals surface area contributed by atoms with Crippen LogP contribution in [-0.2, 0) is 16.0 Å². The molecule has 2 aliphatic rings. The lowest BCUT2D eigenvalue weighted by Gasteiger charge is -2.34. The third-order valence-corrected chi connectivity index (χ3v) is 5.57. The highest BCUT2D eigenvalue weighted by Crippen LogP contribution is 2.30. The number of amides is 1. The Morgan fingerprint density at radius 1 is 1.21 bits per heavy atom. The van der Waals surface area contributed by atoms with Gasteiger partial charge < -0.3 is 19.7 Å². The average molecular weight is 461 g/mol. The summed E-state index contributed by atoms with van der Waals surface area (Å²) in [6, 6.07) is 6.60. The summed E-state index contributed by atoms with van der Waals surface area (Å²) in [6.45, 7) is 2.43. The van der Waals surface area contributed by atoms with Crippen LogP contribution in [0.5, 0.6) is 11.5 Å². The van der Waals surface area contributed by atoms with Crippen molar-refractivity contribution < 1.29 is 19.1 Å². The van der Waals surface area contributed by atoms with Gasteiger partial charge in [0, 0.05) is 38.2 Å². The molecule has 1 unspecified atom stereocenters. The average Bonchev–Trinajstić information content (AvgIpc) is 3.43. The van der Waals surface area contributed by atoms with Crippen molar-refractivity contribution in [2.45, 2.75) is 12.5 Å². The summed E-state index contributed by atoms with van der Waals surface area (Å²) in [5.74, 6) is 4.00. The Hall–Kier alpha value is -4.21. The number of hydrogen-bond acceptors (Lipinski definition) is 9. The molecule has 0 spiro atoms. The van der Waals surface area contributed by atoms with E-state index in [1.54, 1.807) is 40.5 Å². The number of carbonyl (C=O) groups is 1. The second kappa shape index (κ2) is 9.74. The van der Waals surface area contributed by atoms with E-state index in [0.717, 1.165) is 11.3 Å². The van der Waals surface area contributed by atoms with E-state index in [4.69, 9.17) is 9.47 Å². The number of ether oxygens (including phenoxy) is 2. The van der Waals surface area contributed by atoms with Gasteiger partial charge in [-0.25, -0.2) is 14.8 Å². The molecule has 5 rings (SSSR count). The highest BCUT2D eigenvalue weighted by Gasteiger charge is 2.33. The highest BCUT2D eigenvalue weighted by atomic mass is 16.6. The molecule has 0 aliphatic carbocycles. The number of benzene rings is 1. The summed E-state index contributed by atoms with van der Waals surface area (Å²) in [6.07, 6.45) is 7.16. The van der Waals surface area contributed by atoms with Crippen LogP contribution in [0.4, 0.5) is 5.82 Å². The van der Waals surface area contributed by atoms with Gasteiger partial charge in [-0.2, -0.15) is 4.98 Å².